The van der Waals surface area contributed by atoms with Gasteiger partial charge in [-0.15, -0.1) is 0 Å². The van der Waals surface area contributed by atoms with Gasteiger partial charge in [0.1, 0.15) is 0 Å². The quantitative estimate of drug-likeness (QED) is 0.462. The van der Waals surface area contributed by atoms with Crippen LogP contribution in [0, 0.1) is 0 Å². The maximum absolute atomic E-state index is 10.9. The van der Waals surface area contributed by atoms with Crippen LogP contribution in [-0.2, 0) is 16.5 Å². The van der Waals surface area contributed by atoms with Crippen LogP contribution in [0.15, 0.2) is 0 Å². The molecule has 0 aromatic heterocycles. The molecule has 68 valence electrons. The van der Waals surface area contributed by atoms with Crippen LogP contribution in [0.2, 0.25) is 0 Å². The van der Waals surface area contributed by atoms with E-state index in [1.54, 1.807) is 0 Å². The van der Waals surface area contributed by atoms with Crippen LogP contribution in [-0.4, -0.2) is 5.90 Å². The molecule has 0 aliphatic heterocycles. The summed E-state index contributed by atoms with van der Waals surface area (Å²) in [5.41, 5.74) is 0. The van der Waals surface area contributed by atoms with Crippen molar-refractivity contribution in [3.8, 4) is 0 Å². The van der Waals surface area contributed by atoms with Crippen molar-refractivity contribution < 1.29 is 33.3 Å². The Bertz CT molecular complexity index is 59.2. The molecule has 10 heavy (non-hydrogen) atoms. The number of halogens is 6. The Morgan fingerprint density at radius 1 is 1.00 bits per heavy atom. The summed E-state index contributed by atoms with van der Waals surface area (Å²) in [7, 11) is 2.47. The summed E-state index contributed by atoms with van der Waals surface area (Å²) >= 11 is -0.472. The first-order chi connectivity index (χ1) is 4.54. The second-order valence-electron chi connectivity index (χ2n) is 0.899. The SMILES string of the molecule is F[PH+](F)C[PH+](F)F.[Cl][Pt][Cl]. The zero-order valence-electron chi connectivity index (χ0n) is 4.29. The summed E-state index contributed by atoms with van der Waals surface area (Å²) in [6.07, 6.45) is 0. The van der Waals surface area contributed by atoms with E-state index in [2.05, 4.69) is 0 Å². The molecule has 0 radical (unpaired) electrons. The fraction of sp³-hybridized carbons (Fsp3) is 1.00. The fourth-order valence-electron chi connectivity index (χ4n) is 0.101. The summed E-state index contributed by atoms with van der Waals surface area (Å²) in [5, 5.41) is 0. The van der Waals surface area contributed by atoms with Crippen LogP contribution in [0.5, 0.6) is 0 Å². The van der Waals surface area contributed by atoms with Crippen molar-refractivity contribution in [2.45, 2.75) is 0 Å². The Morgan fingerprint density at radius 3 is 1.20 bits per heavy atom. The van der Waals surface area contributed by atoms with Crippen molar-refractivity contribution in [2.75, 3.05) is 5.90 Å². The van der Waals surface area contributed by atoms with Crippen LogP contribution >= 0.6 is 35.9 Å². The Kier molecular flexibility index (Phi) is 15.6. The van der Waals surface area contributed by atoms with Gasteiger partial charge < -0.3 is 0 Å². The van der Waals surface area contributed by atoms with Crippen molar-refractivity contribution >= 4 is 35.9 Å². The second-order valence-corrected chi connectivity index (χ2v) is 6.95. The molecule has 0 aliphatic carbocycles. The van der Waals surface area contributed by atoms with Gasteiger partial charge in [-0.25, -0.2) is 0 Å². The van der Waals surface area contributed by atoms with Gasteiger partial charge in [0.15, 0.2) is 0 Å². The molecular formula is CH4Cl2F4P2Pt+2. The van der Waals surface area contributed by atoms with E-state index in [4.69, 9.17) is 18.8 Å². The van der Waals surface area contributed by atoms with E-state index in [1.807, 2.05) is 0 Å². The molecule has 0 rings (SSSR count). The normalized spacial score (nSPS) is 10.0. The molecule has 9 heteroatoms. The van der Waals surface area contributed by atoms with Gasteiger partial charge >= 0.3 is 52.4 Å². The molecule has 0 fully saturated rings. The standard InChI is InChI=1S/CH2F4P2.2ClH.Pt/c2-6(3)1-7(4)5;;;/h1H2;2*1H;/q;;;+2. The first kappa shape index (κ1) is 14.4. The summed E-state index contributed by atoms with van der Waals surface area (Å²) in [4.78, 5) is 0. The molecule has 0 N–H and O–H groups in total. The van der Waals surface area contributed by atoms with Crippen molar-refractivity contribution in [3.05, 3.63) is 0 Å². The number of hydrogen-bond acceptors (Lipinski definition) is 0. The predicted molar refractivity (Wildman–Crippen MR) is 37.6 cm³/mol. The van der Waals surface area contributed by atoms with Gasteiger partial charge in [-0.3, -0.25) is 0 Å². The van der Waals surface area contributed by atoms with E-state index in [9.17, 15) is 16.8 Å². The molecule has 0 heterocycles. The van der Waals surface area contributed by atoms with E-state index < -0.39 is 39.5 Å². The Morgan fingerprint density at radius 2 is 1.20 bits per heavy atom. The van der Waals surface area contributed by atoms with E-state index in [0.29, 0.717) is 0 Å². The third-order valence-electron chi connectivity index (χ3n) is 0.267. The first-order valence-electron chi connectivity index (χ1n) is 1.70. The summed E-state index contributed by atoms with van der Waals surface area (Å²) in [6, 6.07) is 0. The van der Waals surface area contributed by atoms with E-state index in [1.165, 1.54) is 0 Å². The molecule has 0 nitrogen and oxygen atoms in total. The monoisotopic (exact) mass is 419 g/mol. The van der Waals surface area contributed by atoms with Crippen molar-refractivity contribution in [1.82, 2.24) is 0 Å². The fourth-order valence-corrected chi connectivity index (χ4v) is 0.909. The Hall–Kier alpha value is 1.85. The van der Waals surface area contributed by atoms with Crippen molar-refractivity contribution in [1.29, 1.82) is 0 Å². The first-order valence-corrected chi connectivity index (χ1v) is 10.3. The Labute approximate surface area is 75.0 Å². The predicted octanol–water partition coefficient (Wildman–Crippen LogP) is 4.29. The molecule has 0 saturated heterocycles. The average molecular weight is 420 g/mol. The number of rotatable bonds is 2. The summed E-state index contributed by atoms with van der Waals surface area (Å²) in [6.45, 7) is 0. The molecule has 0 saturated carbocycles. The van der Waals surface area contributed by atoms with Crippen molar-refractivity contribution in [2.24, 2.45) is 0 Å². The zero-order chi connectivity index (χ0) is 8.57. The van der Waals surface area contributed by atoms with Gasteiger partial charge in [0.2, 0.25) is 0 Å². The molecule has 0 aliphatic rings. The van der Waals surface area contributed by atoms with Crippen molar-refractivity contribution in [3.63, 3.8) is 0 Å². The van der Waals surface area contributed by atoms with Crippen LogP contribution in [0.3, 0.4) is 0 Å². The van der Waals surface area contributed by atoms with Gasteiger partial charge in [-0.1, -0.05) is 0 Å². The summed E-state index contributed by atoms with van der Waals surface area (Å²) in [5.74, 6) is -1.10. The molecule has 0 amide bonds. The third-order valence-corrected chi connectivity index (χ3v) is 2.41. The van der Waals surface area contributed by atoms with E-state index >= 15 is 0 Å². The van der Waals surface area contributed by atoms with Gasteiger partial charge in [0.05, 0.1) is 0 Å². The molecule has 0 bridgehead atoms. The van der Waals surface area contributed by atoms with Gasteiger partial charge in [0.25, 0.3) is 5.90 Å². The van der Waals surface area contributed by atoms with E-state index in [-0.39, 0.29) is 0 Å². The molecule has 0 aromatic rings. The summed E-state index contributed by atoms with van der Waals surface area (Å²) < 4.78 is 43.7. The van der Waals surface area contributed by atoms with Gasteiger partial charge in [-0.05, 0) is 16.8 Å². The van der Waals surface area contributed by atoms with Crippen LogP contribution in [0.1, 0.15) is 0 Å². The molecule has 0 unspecified atom stereocenters. The topological polar surface area (TPSA) is 0 Å². The minimum absolute atomic E-state index is 0.472. The molecular weight excluding hydrogens is 416 g/mol. The maximum atomic E-state index is 10.9. The molecule has 0 aromatic carbocycles. The van der Waals surface area contributed by atoms with E-state index in [0.717, 1.165) is 0 Å². The molecule has 0 spiro atoms. The number of hydrogen-bond donors (Lipinski definition) is 0. The molecule has 0 atom stereocenters. The van der Waals surface area contributed by atoms with Crippen LogP contribution in [0.25, 0.3) is 0 Å². The van der Waals surface area contributed by atoms with Gasteiger partial charge in [-0.2, -0.15) is 0 Å². The minimum atomic E-state index is -3.64. The Balaban J connectivity index is 0. The van der Waals surface area contributed by atoms with Crippen LogP contribution in [0.4, 0.5) is 16.8 Å². The van der Waals surface area contributed by atoms with Gasteiger partial charge in [0, 0.05) is 0 Å². The second kappa shape index (κ2) is 10.8. The third kappa shape index (κ3) is 22.5. The zero-order valence-corrected chi connectivity index (χ0v) is 10.1. The van der Waals surface area contributed by atoms with Crippen LogP contribution < -0.4 is 0 Å². The average Bonchev–Trinajstić information content (AvgIpc) is 1.62.